The second-order valence-corrected chi connectivity index (χ2v) is 9.62. The van der Waals surface area contributed by atoms with Crippen LogP contribution < -0.4 is 25.0 Å². The predicted octanol–water partition coefficient (Wildman–Crippen LogP) is 5.09. The summed E-state index contributed by atoms with van der Waals surface area (Å²) in [4.78, 5) is 34.6. The summed E-state index contributed by atoms with van der Waals surface area (Å²) in [6, 6.07) is 14.3. The van der Waals surface area contributed by atoms with Gasteiger partial charge in [0.25, 0.3) is 0 Å². The number of pyridine rings is 1. The highest BCUT2D eigenvalue weighted by Crippen LogP contribution is 2.32. The molecule has 3 heterocycles. The summed E-state index contributed by atoms with van der Waals surface area (Å²) in [5.41, 5.74) is 3.16. The molecule has 0 unspecified atom stereocenters. The van der Waals surface area contributed by atoms with Gasteiger partial charge in [-0.25, -0.2) is 4.98 Å². The van der Waals surface area contributed by atoms with E-state index >= 15 is 0 Å². The number of ether oxygens (including phenoxy) is 2. The average Bonchev–Trinajstić information content (AvgIpc) is 3.44. The smallest absolute Gasteiger partial charge is 0.247 e. The second kappa shape index (κ2) is 12.1. The number of carbonyl (C=O) groups is 2. The molecule has 1 saturated heterocycles. The lowest BCUT2D eigenvalue weighted by molar-refractivity contribution is -0.111. The molecule has 1 fully saturated rings. The van der Waals surface area contributed by atoms with Crippen LogP contribution in [0.2, 0.25) is 0 Å². The maximum atomic E-state index is 13.2. The Bertz CT molecular complexity index is 1570. The van der Waals surface area contributed by atoms with Crippen LogP contribution in [0.1, 0.15) is 23.0 Å². The van der Waals surface area contributed by atoms with Crippen molar-refractivity contribution < 1.29 is 23.5 Å². The minimum absolute atomic E-state index is 0.167. The van der Waals surface area contributed by atoms with E-state index in [1.54, 1.807) is 36.5 Å². The van der Waals surface area contributed by atoms with Crippen LogP contribution in [0, 0.1) is 0 Å². The van der Waals surface area contributed by atoms with Crippen LogP contribution in [0.3, 0.4) is 0 Å². The minimum Gasteiger partial charge on any atom is -0.497 e. The van der Waals surface area contributed by atoms with E-state index in [1.807, 2.05) is 18.2 Å². The number of fused-ring (bicyclic) bond motifs is 1. The Labute approximate surface area is 238 Å². The van der Waals surface area contributed by atoms with Gasteiger partial charge < -0.3 is 34.3 Å². The summed E-state index contributed by atoms with van der Waals surface area (Å²) >= 11 is 0. The van der Waals surface area contributed by atoms with Crippen molar-refractivity contribution in [2.24, 2.45) is 0 Å². The molecule has 0 spiro atoms. The Hall–Kier alpha value is -4.83. The fourth-order valence-corrected chi connectivity index (χ4v) is 4.79. The van der Waals surface area contributed by atoms with Crippen molar-refractivity contribution in [2.45, 2.75) is 6.92 Å². The first kappa shape index (κ1) is 27.7. The molecule has 10 heteroatoms. The van der Waals surface area contributed by atoms with Gasteiger partial charge >= 0.3 is 0 Å². The van der Waals surface area contributed by atoms with E-state index < -0.39 is 0 Å². The number of hydrogen-bond acceptors (Lipinski definition) is 9. The number of ketones is 1. The quantitative estimate of drug-likeness (QED) is 0.204. The molecule has 0 radical (unpaired) electrons. The SMILES string of the molecule is C=CC(=O)Nc1cc(N2CCN(CC)CC2)ccc1Nc1cc2cc(C(=O)c3cc(OC)cc(OC)c3)oc2cn1. The first-order chi connectivity index (χ1) is 19.9. The fourth-order valence-electron chi connectivity index (χ4n) is 4.79. The summed E-state index contributed by atoms with van der Waals surface area (Å²) in [6.07, 6.45) is 2.80. The van der Waals surface area contributed by atoms with Crippen molar-refractivity contribution in [2.75, 3.05) is 62.5 Å². The number of methoxy groups -OCH3 is 2. The second-order valence-electron chi connectivity index (χ2n) is 9.62. The van der Waals surface area contributed by atoms with Gasteiger partial charge in [0, 0.05) is 48.9 Å². The maximum absolute atomic E-state index is 13.2. The van der Waals surface area contributed by atoms with Crippen LogP contribution in [0.25, 0.3) is 11.0 Å². The van der Waals surface area contributed by atoms with Crippen molar-refractivity contribution in [1.82, 2.24) is 9.88 Å². The molecule has 2 aromatic carbocycles. The molecule has 41 heavy (non-hydrogen) atoms. The van der Waals surface area contributed by atoms with Crippen LogP contribution >= 0.6 is 0 Å². The molecule has 5 rings (SSSR count). The van der Waals surface area contributed by atoms with E-state index in [2.05, 4.69) is 38.9 Å². The van der Waals surface area contributed by atoms with Crippen molar-refractivity contribution in [3.05, 3.63) is 78.7 Å². The number of nitrogens with zero attached hydrogens (tertiary/aromatic N) is 3. The van der Waals surface area contributed by atoms with Gasteiger partial charge in [-0.15, -0.1) is 0 Å². The number of nitrogens with one attached hydrogen (secondary N) is 2. The average molecular weight is 556 g/mol. The lowest BCUT2D eigenvalue weighted by Crippen LogP contribution is -2.46. The third-order valence-electron chi connectivity index (χ3n) is 7.14. The third kappa shape index (κ3) is 6.17. The molecule has 0 saturated carbocycles. The molecule has 1 amide bonds. The van der Waals surface area contributed by atoms with Crippen LogP contribution in [-0.4, -0.2) is 68.5 Å². The van der Waals surface area contributed by atoms with Gasteiger partial charge in [-0.3, -0.25) is 9.59 Å². The molecule has 10 nitrogen and oxygen atoms in total. The third-order valence-corrected chi connectivity index (χ3v) is 7.14. The number of rotatable bonds is 10. The highest BCUT2D eigenvalue weighted by molar-refractivity contribution is 6.09. The molecule has 2 aromatic heterocycles. The number of aromatic nitrogens is 1. The minimum atomic E-state index is -0.309. The van der Waals surface area contributed by atoms with Crippen LogP contribution in [0.15, 0.2) is 71.8 Å². The van der Waals surface area contributed by atoms with Gasteiger partial charge in [-0.05, 0) is 55.1 Å². The fraction of sp³-hybridized carbons (Fsp3) is 0.258. The van der Waals surface area contributed by atoms with Gasteiger partial charge in [-0.2, -0.15) is 0 Å². The predicted molar refractivity (Wildman–Crippen MR) is 160 cm³/mol. The lowest BCUT2D eigenvalue weighted by atomic mass is 10.1. The molecule has 0 bridgehead atoms. The summed E-state index contributed by atoms with van der Waals surface area (Å²) in [5, 5.41) is 6.90. The standard InChI is InChI=1S/C31H33N5O5/c1-5-30(37)34-26-17-22(36-11-9-35(6-2)10-12-36)7-8-25(26)33-29-16-20-15-27(41-28(20)19-32-29)31(38)21-13-23(39-3)18-24(14-21)40-4/h5,7-8,13-19H,1,6,9-12H2,2-4H3,(H,32,33)(H,34,37). The van der Waals surface area contributed by atoms with E-state index in [0.717, 1.165) is 38.4 Å². The van der Waals surface area contributed by atoms with Gasteiger partial charge in [-0.1, -0.05) is 13.5 Å². The van der Waals surface area contributed by atoms with Gasteiger partial charge in [0.1, 0.15) is 17.3 Å². The zero-order valence-electron chi connectivity index (χ0n) is 23.4. The summed E-state index contributed by atoms with van der Waals surface area (Å²) < 4.78 is 16.4. The summed E-state index contributed by atoms with van der Waals surface area (Å²) in [7, 11) is 3.06. The van der Waals surface area contributed by atoms with E-state index in [9.17, 15) is 9.59 Å². The van der Waals surface area contributed by atoms with Gasteiger partial charge in [0.15, 0.2) is 11.3 Å². The van der Waals surface area contributed by atoms with E-state index in [0.29, 0.717) is 45.2 Å². The first-order valence-electron chi connectivity index (χ1n) is 13.4. The zero-order chi connectivity index (χ0) is 28.9. The highest BCUT2D eigenvalue weighted by Gasteiger charge is 2.19. The Morgan fingerprint density at radius 2 is 1.73 bits per heavy atom. The van der Waals surface area contributed by atoms with Crippen molar-refractivity contribution in [3.8, 4) is 11.5 Å². The van der Waals surface area contributed by atoms with Crippen LogP contribution in [0.4, 0.5) is 22.9 Å². The molecule has 1 aliphatic heterocycles. The summed E-state index contributed by atoms with van der Waals surface area (Å²) in [6.45, 7) is 10.6. The molecular weight excluding hydrogens is 522 g/mol. The van der Waals surface area contributed by atoms with Crippen molar-refractivity contribution in [1.29, 1.82) is 0 Å². The molecule has 0 atom stereocenters. The molecule has 1 aliphatic rings. The first-order valence-corrected chi connectivity index (χ1v) is 13.4. The Morgan fingerprint density at radius 1 is 1.00 bits per heavy atom. The highest BCUT2D eigenvalue weighted by atomic mass is 16.5. The van der Waals surface area contributed by atoms with Gasteiger partial charge in [0.2, 0.25) is 11.7 Å². The Morgan fingerprint density at radius 3 is 2.39 bits per heavy atom. The van der Waals surface area contributed by atoms with Gasteiger partial charge in [0.05, 0.1) is 31.8 Å². The number of benzene rings is 2. The molecule has 2 N–H and O–H groups in total. The molecule has 4 aromatic rings. The maximum Gasteiger partial charge on any atom is 0.247 e. The molecular formula is C31H33N5O5. The molecule has 212 valence electrons. The number of piperazine rings is 1. The number of anilines is 4. The number of hydrogen-bond donors (Lipinski definition) is 2. The van der Waals surface area contributed by atoms with Crippen molar-refractivity contribution in [3.63, 3.8) is 0 Å². The normalized spacial score (nSPS) is 13.6. The van der Waals surface area contributed by atoms with E-state index in [-0.39, 0.29) is 17.5 Å². The Balaban J connectivity index is 1.40. The lowest BCUT2D eigenvalue weighted by Gasteiger charge is -2.35. The number of likely N-dealkylation sites (N-methyl/N-ethyl adjacent to an activating group) is 1. The number of amides is 1. The summed E-state index contributed by atoms with van der Waals surface area (Å²) in [5.74, 6) is 1.09. The monoisotopic (exact) mass is 555 g/mol. The number of furan rings is 1. The largest absolute Gasteiger partial charge is 0.497 e. The van der Waals surface area contributed by atoms with Crippen LogP contribution in [0.5, 0.6) is 11.5 Å². The topological polar surface area (TPSA) is 109 Å². The number of carbonyl (C=O) groups excluding carboxylic acids is 2. The van der Waals surface area contributed by atoms with E-state index in [4.69, 9.17) is 13.9 Å². The Kier molecular flexibility index (Phi) is 8.21. The van der Waals surface area contributed by atoms with E-state index in [1.165, 1.54) is 20.3 Å². The van der Waals surface area contributed by atoms with Crippen molar-refractivity contribution >= 4 is 45.5 Å². The molecule has 0 aliphatic carbocycles. The zero-order valence-corrected chi connectivity index (χ0v) is 23.4. The van der Waals surface area contributed by atoms with Crippen LogP contribution in [-0.2, 0) is 4.79 Å².